The van der Waals surface area contributed by atoms with Crippen LogP contribution in [0.5, 0.6) is 0 Å². The predicted molar refractivity (Wildman–Crippen MR) is 69.9 cm³/mol. The summed E-state index contributed by atoms with van der Waals surface area (Å²) in [7, 11) is 2.00. The van der Waals surface area contributed by atoms with Crippen molar-refractivity contribution in [3.8, 4) is 0 Å². The topological polar surface area (TPSA) is 77.4 Å². The van der Waals surface area contributed by atoms with Crippen LogP contribution in [0.25, 0.3) is 0 Å². The lowest BCUT2D eigenvalue weighted by atomic mass is 10.1. The minimum Gasteiger partial charge on any atom is -0.396 e. The molecule has 1 saturated heterocycles. The first-order valence-electron chi connectivity index (χ1n) is 6.01. The lowest BCUT2D eigenvalue weighted by Crippen LogP contribution is -2.33. The first-order valence-corrected chi connectivity index (χ1v) is 6.01. The Kier molecular flexibility index (Phi) is 3.68. The van der Waals surface area contributed by atoms with Gasteiger partial charge in [-0.1, -0.05) is 0 Å². The number of aromatic nitrogens is 1. The fourth-order valence-electron chi connectivity index (χ4n) is 2.04. The van der Waals surface area contributed by atoms with Gasteiger partial charge in [0.25, 0.3) is 0 Å². The number of anilines is 3. The van der Waals surface area contributed by atoms with Gasteiger partial charge in [-0.25, -0.2) is 4.98 Å². The van der Waals surface area contributed by atoms with E-state index in [1.54, 1.807) is 6.07 Å². The molecule has 1 aromatic rings. The molecular weight excluding hydrogens is 216 g/mol. The molecule has 1 unspecified atom stereocenters. The maximum atomic E-state index is 5.70. The average molecular weight is 236 g/mol. The van der Waals surface area contributed by atoms with E-state index < -0.39 is 0 Å². The van der Waals surface area contributed by atoms with Crippen molar-refractivity contribution in [1.29, 1.82) is 0 Å². The summed E-state index contributed by atoms with van der Waals surface area (Å²) in [5.74, 6) is 1.23. The molecule has 0 aromatic carbocycles. The van der Waals surface area contributed by atoms with Gasteiger partial charge >= 0.3 is 0 Å². The SMILES string of the molecule is CN(CC1CCCCO1)c1ccc(N)c(N)n1. The Morgan fingerprint density at radius 1 is 1.41 bits per heavy atom. The quantitative estimate of drug-likeness (QED) is 0.826. The molecule has 4 N–H and O–H groups in total. The number of nitrogens with zero attached hydrogens (tertiary/aromatic N) is 2. The molecule has 0 bridgehead atoms. The smallest absolute Gasteiger partial charge is 0.149 e. The van der Waals surface area contributed by atoms with Gasteiger partial charge in [0.05, 0.1) is 11.8 Å². The van der Waals surface area contributed by atoms with Crippen molar-refractivity contribution < 1.29 is 4.74 Å². The summed E-state index contributed by atoms with van der Waals surface area (Å²) in [5, 5.41) is 0. The van der Waals surface area contributed by atoms with Gasteiger partial charge in [-0.2, -0.15) is 0 Å². The molecule has 94 valence electrons. The van der Waals surface area contributed by atoms with Gasteiger partial charge in [-0.3, -0.25) is 0 Å². The highest BCUT2D eigenvalue weighted by Gasteiger charge is 2.16. The van der Waals surface area contributed by atoms with Gasteiger partial charge in [0.2, 0.25) is 0 Å². The van der Waals surface area contributed by atoms with E-state index in [0.29, 0.717) is 17.6 Å². The highest BCUT2D eigenvalue weighted by molar-refractivity contribution is 5.62. The van der Waals surface area contributed by atoms with E-state index in [2.05, 4.69) is 9.88 Å². The number of nitrogen functional groups attached to an aromatic ring is 2. The van der Waals surface area contributed by atoms with Crippen molar-refractivity contribution in [2.45, 2.75) is 25.4 Å². The second kappa shape index (κ2) is 5.23. The van der Waals surface area contributed by atoms with E-state index in [1.807, 2.05) is 13.1 Å². The van der Waals surface area contributed by atoms with Gasteiger partial charge < -0.3 is 21.1 Å². The highest BCUT2D eigenvalue weighted by atomic mass is 16.5. The first kappa shape index (κ1) is 12.0. The fourth-order valence-corrected chi connectivity index (χ4v) is 2.04. The lowest BCUT2D eigenvalue weighted by Gasteiger charge is -2.28. The molecule has 1 fully saturated rings. The van der Waals surface area contributed by atoms with Gasteiger partial charge in [0.1, 0.15) is 11.6 Å². The summed E-state index contributed by atoms with van der Waals surface area (Å²) in [6, 6.07) is 3.67. The molecule has 0 saturated carbocycles. The molecular formula is C12H20N4O. The summed E-state index contributed by atoms with van der Waals surface area (Å²) >= 11 is 0. The highest BCUT2D eigenvalue weighted by Crippen LogP contribution is 2.19. The molecule has 5 heteroatoms. The third-order valence-electron chi connectivity index (χ3n) is 3.09. The van der Waals surface area contributed by atoms with Crippen molar-refractivity contribution in [2.24, 2.45) is 0 Å². The van der Waals surface area contributed by atoms with E-state index in [1.165, 1.54) is 12.8 Å². The standard InChI is InChI=1S/C12H20N4O/c1-16(8-9-4-2-3-7-17-9)11-6-5-10(13)12(14)15-11/h5-6,9H,2-4,7-8,13H2,1H3,(H2,14,15). The normalized spacial score (nSPS) is 20.2. The van der Waals surface area contributed by atoms with E-state index in [4.69, 9.17) is 16.2 Å². The minimum atomic E-state index is 0.300. The Labute approximate surface area is 102 Å². The maximum Gasteiger partial charge on any atom is 0.149 e. The number of nitrogens with two attached hydrogens (primary N) is 2. The Morgan fingerprint density at radius 2 is 2.24 bits per heavy atom. The minimum absolute atomic E-state index is 0.300. The number of rotatable bonds is 3. The molecule has 0 radical (unpaired) electrons. The van der Waals surface area contributed by atoms with Crippen molar-refractivity contribution in [1.82, 2.24) is 4.98 Å². The first-order chi connectivity index (χ1) is 8.16. The molecule has 1 aromatic heterocycles. The molecule has 0 aliphatic carbocycles. The number of likely N-dealkylation sites (N-methyl/N-ethyl adjacent to an activating group) is 1. The number of ether oxygens (including phenoxy) is 1. The predicted octanol–water partition coefficient (Wildman–Crippen LogP) is 1.25. The number of pyridine rings is 1. The van der Waals surface area contributed by atoms with E-state index in [0.717, 1.165) is 25.4 Å². The second-order valence-electron chi connectivity index (χ2n) is 4.51. The third-order valence-corrected chi connectivity index (χ3v) is 3.09. The van der Waals surface area contributed by atoms with Crippen LogP contribution < -0.4 is 16.4 Å². The fraction of sp³-hybridized carbons (Fsp3) is 0.583. The van der Waals surface area contributed by atoms with Crippen molar-refractivity contribution in [3.63, 3.8) is 0 Å². The molecule has 1 atom stereocenters. The molecule has 1 aliphatic heterocycles. The van der Waals surface area contributed by atoms with Gasteiger partial charge in [-0.05, 0) is 31.4 Å². The lowest BCUT2D eigenvalue weighted by molar-refractivity contribution is 0.0215. The molecule has 1 aliphatic rings. The zero-order chi connectivity index (χ0) is 12.3. The number of hydrogen-bond donors (Lipinski definition) is 2. The molecule has 2 heterocycles. The third kappa shape index (κ3) is 3.00. The van der Waals surface area contributed by atoms with Crippen molar-refractivity contribution in [3.05, 3.63) is 12.1 Å². The van der Waals surface area contributed by atoms with Crippen LogP contribution in [-0.4, -0.2) is 31.3 Å². The molecule has 17 heavy (non-hydrogen) atoms. The van der Waals surface area contributed by atoms with E-state index in [9.17, 15) is 0 Å². The maximum absolute atomic E-state index is 5.70. The molecule has 2 rings (SSSR count). The molecule has 0 spiro atoms. The second-order valence-corrected chi connectivity index (χ2v) is 4.51. The monoisotopic (exact) mass is 236 g/mol. The summed E-state index contributed by atoms with van der Waals surface area (Å²) in [5.41, 5.74) is 11.9. The van der Waals surface area contributed by atoms with E-state index >= 15 is 0 Å². The summed E-state index contributed by atoms with van der Waals surface area (Å²) in [4.78, 5) is 6.32. The van der Waals surface area contributed by atoms with Crippen molar-refractivity contribution >= 4 is 17.3 Å². The van der Waals surface area contributed by atoms with Crippen LogP contribution in [0.15, 0.2) is 12.1 Å². The van der Waals surface area contributed by atoms with Crippen LogP contribution in [-0.2, 0) is 4.74 Å². The summed E-state index contributed by atoms with van der Waals surface area (Å²) in [6.45, 7) is 1.71. The Hall–Kier alpha value is -1.49. The zero-order valence-corrected chi connectivity index (χ0v) is 10.2. The van der Waals surface area contributed by atoms with Crippen LogP contribution in [0.1, 0.15) is 19.3 Å². The van der Waals surface area contributed by atoms with E-state index in [-0.39, 0.29) is 0 Å². The van der Waals surface area contributed by atoms with Gasteiger partial charge in [-0.15, -0.1) is 0 Å². The zero-order valence-electron chi connectivity index (χ0n) is 10.2. The van der Waals surface area contributed by atoms with Gasteiger partial charge in [0, 0.05) is 20.2 Å². The summed E-state index contributed by atoms with van der Waals surface area (Å²) in [6.07, 6.45) is 3.84. The average Bonchev–Trinajstić information content (AvgIpc) is 2.34. The van der Waals surface area contributed by atoms with Crippen LogP contribution in [0, 0.1) is 0 Å². The van der Waals surface area contributed by atoms with Crippen LogP contribution in [0.4, 0.5) is 17.3 Å². The Morgan fingerprint density at radius 3 is 2.88 bits per heavy atom. The Bertz CT molecular complexity index is 377. The van der Waals surface area contributed by atoms with Crippen LogP contribution >= 0.6 is 0 Å². The Balaban J connectivity index is 1.98. The molecule has 0 amide bonds. The number of hydrogen-bond acceptors (Lipinski definition) is 5. The largest absolute Gasteiger partial charge is 0.396 e. The summed E-state index contributed by atoms with van der Waals surface area (Å²) < 4.78 is 5.70. The van der Waals surface area contributed by atoms with Crippen molar-refractivity contribution in [2.75, 3.05) is 36.6 Å². The van der Waals surface area contributed by atoms with Crippen LogP contribution in [0.2, 0.25) is 0 Å². The van der Waals surface area contributed by atoms with Gasteiger partial charge in [0.15, 0.2) is 0 Å². The molecule has 5 nitrogen and oxygen atoms in total. The van der Waals surface area contributed by atoms with Crippen LogP contribution in [0.3, 0.4) is 0 Å².